The Balaban J connectivity index is 1.73. The SMILES string of the molecule is Cc1cc(C)n(-c2ccc(C(=O)N(C)CC3(O)CCCC3)cn2)n1. The number of aryl methyl sites for hydroxylation is 2. The number of carbonyl (C=O) groups is 1. The summed E-state index contributed by atoms with van der Waals surface area (Å²) in [6.45, 7) is 4.27. The highest BCUT2D eigenvalue weighted by Gasteiger charge is 2.33. The highest BCUT2D eigenvalue weighted by atomic mass is 16.3. The van der Waals surface area contributed by atoms with Crippen molar-refractivity contribution in [2.24, 2.45) is 0 Å². The van der Waals surface area contributed by atoms with Crippen molar-refractivity contribution in [2.75, 3.05) is 13.6 Å². The van der Waals surface area contributed by atoms with Crippen LogP contribution in [0.5, 0.6) is 0 Å². The van der Waals surface area contributed by atoms with Crippen LogP contribution in [-0.4, -0.2) is 49.9 Å². The number of amides is 1. The molecule has 0 saturated heterocycles. The number of aromatic nitrogens is 3. The predicted molar refractivity (Wildman–Crippen MR) is 91.2 cm³/mol. The molecule has 0 atom stereocenters. The normalized spacial score (nSPS) is 16.3. The maximum atomic E-state index is 12.5. The first kappa shape index (κ1) is 16.6. The summed E-state index contributed by atoms with van der Waals surface area (Å²) in [6, 6.07) is 5.54. The van der Waals surface area contributed by atoms with Crippen LogP contribution in [0.25, 0.3) is 5.82 Å². The number of aliphatic hydroxyl groups is 1. The topological polar surface area (TPSA) is 71.2 Å². The summed E-state index contributed by atoms with van der Waals surface area (Å²) in [7, 11) is 1.73. The zero-order valence-electron chi connectivity index (χ0n) is 14.5. The number of hydrogen-bond donors (Lipinski definition) is 1. The highest BCUT2D eigenvalue weighted by molar-refractivity contribution is 5.93. The van der Waals surface area contributed by atoms with Gasteiger partial charge in [-0.3, -0.25) is 4.79 Å². The highest BCUT2D eigenvalue weighted by Crippen LogP contribution is 2.30. The summed E-state index contributed by atoms with van der Waals surface area (Å²) in [6.07, 6.45) is 5.15. The van der Waals surface area contributed by atoms with Crippen molar-refractivity contribution < 1.29 is 9.90 Å². The monoisotopic (exact) mass is 328 g/mol. The second-order valence-corrected chi connectivity index (χ2v) is 6.84. The molecule has 0 aromatic carbocycles. The summed E-state index contributed by atoms with van der Waals surface area (Å²) < 4.78 is 1.76. The average molecular weight is 328 g/mol. The van der Waals surface area contributed by atoms with E-state index in [9.17, 15) is 9.90 Å². The third-order valence-corrected chi connectivity index (χ3v) is 4.63. The lowest BCUT2D eigenvalue weighted by Crippen LogP contribution is -2.42. The quantitative estimate of drug-likeness (QED) is 0.934. The van der Waals surface area contributed by atoms with Crippen molar-refractivity contribution in [1.82, 2.24) is 19.7 Å². The Kier molecular flexibility index (Phi) is 4.41. The number of rotatable bonds is 4. The van der Waals surface area contributed by atoms with Gasteiger partial charge in [-0.25, -0.2) is 9.67 Å². The molecule has 0 unspecified atom stereocenters. The molecule has 0 aliphatic heterocycles. The van der Waals surface area contributed by atoms with Crippen LogP contribution in [0.4, 0.5) is 0 Å². The van der Waals surface area contributed by atoms with Crippen molar-refractivity contribution in [1.29, 1.82) is 0 Å². The number of carbonyl (C=O) groups excluding carboxylic acids is 1. The van der Waals surface area contributed by atoms with Gasteiger partial charge in [-0.2, -0.15) is 5.10 Å². The maximum Gasteiger partial charge on any atom is 0.255 e. The molecule has 1 N–H and O–H groups in total. The van der Waals surface area contributed by atoms with Gasteiger partial charge in [0, 0.05) is 25.5 Å². The zero-order valence-corrected chi connectivity index (χ0v) is 14.5. The van der Waals surface area contributed by atoms with Crippen LogP contribution < -0.4 is 0 Å². The molecule has 1 aliphatic rings. The van der Waals surface area contributed by atoms with E-state index in [0.717, 1.165) is 37.1 Å². The van der Waals surface area contributed by atoms with Crippen LogP contribution in [-0.2, 0) is 0 Å². The van der Waals surface area contributed by atoms with E-state index in [2.05, 4.69) is 10.1 Å². The van der Waals surface area contributed by atoms with Crippen LogP contribution in [0.3, 0.4) is 0 Å². The van der Waals surface area contributed by atoms with Crippen LogP contribution >= 0.6 is 0 Å². The lowest BCUT2D eigenvalue weighted by Gasteiger charge is -2.28. The minimum Gasteiger partial charge on any atom is -0.388 e. The van der Waals surface area contributed by atoms with E-state index in [4.69, 9.17) is 0 Å². The van der Waals surface area contributed by atoms with E-state index in [1.165, 1.54) is 0 Å². The average Bonchev–Trinajstić information content (AvgIpc) is 3.12. The summed E-state index contributed by atoms with van der Waals surface area (Å²) in [5.74, 6) is 0.567. The minimum absolute atomic E-state index is 0.122. The molecule has 1 saturated carbocycles. The molecule has 1 aliphatic carbocycles. The Labute approximate surface area is 142 Å². The number of pyridine rings is 1. The molecule has 24 heavy (non-hydrogen) atoms. The molecule has 3 rings (SSSR count). The Hall–Kier alpha value is -2.21. The first-order valence-corrected chi connectivity index (χ1v) is 8.35. The molecule has 0 bridgehead atoms. The molecule has 6 heteroatoms. The predicted octanol–water partition coefficient (Wildman–Crippen LogP) is 2.26. The van der Waals surface area contributed by atoms with Crippen LogP contribution in [0.1, 0.15) is 47.4 Å². The zero-order chi connectivity index (χ0) is 17.3. The first-order valence-electron chi connectivity index (χ1n) is 8.35. The molecular formula is C18H24N4O2. The van der Waals surface area contributed by atoms with Gasteiger partial charge < -0.3 is 10.0 Å². The molecule has 2 heterocycles. The Morgan fingerprint density at radius 1 is 1.33 bits per heavy atom. The van der Waals surface area contributed by atoms with E-state index in [1.807, 2.05) is 19.9 Å². The van der Waals surface area contributed by atoms with Crippen LogP contribution in [0.2, 0.25) is 0 Å². The Morgan fingerprint density at radius 3 is 2.58 bits per heavy atom. The van der Waals surface area contributed by atoms with Crippen molar-refractivity contribution in [3.05, 3.63) is 41.3 Å². The first-order chi connectivity index (χ1) is 11.4. The van der Waals surface area contributed by atoms with E-state index >= 15 is 0 Å². The molecule has 0 radical (unpaired) electrons. The fourth-order valence-corrected chi connectivity index (χ4v) is 3.42. The lowest BCUT2D eigenvalue weighted by molar-refractivity contribution is 0.0156. The van der Waals surface area contributed by atoms with Crippen molar-refractivity contribution in [2.45, 2.75) is 45.1 Å². The van der Waals surface area contributed by atoms with Gasteiger partial charge in [0.25, 0.3) is 5.91 Å². The van der Waals surface area contributed by atoms with E-state index < -0.39 is 5.60 Å². The Morgan fingerprint density at radius 2 is 2.04 bits per heavy atom. The molecule has 1 amide bonds. The van der Waals surface area contributed by atoms with Gasteiger partial charge in [0.2, 0.25) is 0 Å². The Bertz CT molecular complexity index is 730. The van der Waals surface area contributed by atoms with Crippen molar-refractivity contribution in [3.8, 4) is 5.82 Å². The van der Waals surface area contributed by atoms with Gasteiger partial charge in [0.15, 0.2) is 5.82 Å². The summed E-state index contributed by atoms with van der Waals surface area (Å²) in [5, 5.41) is 14.9. The van der Waals surface area contributed by atoms with Crippen molar-refractivity contribution in [3.63, 3.8) is 0 Å². The smallest absolute Gasteiger partial charge is 0.255 e. The molecule has 6 nitrogen and oxygen atoms in total. The molecular weight excluding hydrogens is 304 g/mol. The molecule has 2 aromatic heterocycles. The third-order valence-electron chi connectivity index (χ3n) is 4.63. The maximum absolute atomic E-state index is 12.5. The summed E-state index contributed by atoms with van der Waals surface area (Å²) in [5.41, 5.74) is 1.71. The van der Waals surface area contributed by atoms with Gasteiger partial charge >= 0.3 is 0 Å². The number of hydrogen-bond acceptors (Lipinski definition) is 4. The molecule has 128 valence electrons. The van der Waals surface area contributed by atoms with Crippen molar-refractivity contribution >= 4 is 5.91 Å². The van der Waals surface area contributed by atoms with E-state index in [1.54, 1.807) is 35.0 Å². The second kappa shape index (κ2) is 6.36. The van der Waals surface area contributed by atoms with Gasteiger partial charge in [-0.1, -0.05) is 12.8 Å². The van der Waals surface area contributed by atoms with E-state index in [-0.39, 0.29) is 5.91 Å². The fourth-order valence-electron chi connectivity index (χ4n) is 3.42. The summed E-state index contributed by atoms with van der Waals surface area (Å²) >= 11 is 0. The lowest BCUT2D eigenvalue weighted by atomic mass is 10.0. The largest absolute Gasteiger partial charge is 0.388 e. The minimum atomic E-state index is -0.735. The molecule has 0 spiro atoms. The summed E-state index contributed by atoms with van der Waals surface area (Å²) in [4.78, 5) is 18.5. The van der Waals surface area contributed by atoms with E-state index in [0.29, 0.717) is 17.9 Å². The number of likely N-dealkylation sites (N-methyl/N-ethyl adjacent to an activating group) is 1. The van der Waals surface area contributed by atoms with Gasteiger partial charge in [0.05, 0.1) is 16.9 Å². The van der Waals surface area contributed by atoms with Crippen LogP contribution in [0.15, 0.2) is 24.4 Å². The molecule has 1 fully saturated rings. The van der Waals surface area contributed by atoms with Crippen LogP contribution in [0, 0.1) is 13.8 Å². The third kappa shape index (κ3) is 3.33. The van der Waals surface area contributed by atoms with Gasteiger partial charge in [-0.15, -0.1) is 0 Å². The number of nitrogens with zero attached hydrogens (tertiary/aromatic N) is 4. The van der Waals surface area contributed by atoms with Gasteiger partial charge in [0.1, 0.15) is 0 Å². The second-order valence-electron chi connectivity index (χ2n) is 6.84. The fraction of sp³-hybridized carbons (Fsp3) is 0.500. The molecule has 2 aromatic rings. The standard InChI is InChI=1S/C18H24N4O2/c1-13-10-14(2)22(20-13)16-7-6-15(11-19-16)17(23)21(3)12-18(24)8-4-5-9-18/h6-7,10-11,24H,4-5,8-9,12H2,1-3H3. The van der Waals surface area contributed by atoms with Gasteiger partial charge in [-0.05, 0) is 44.9 Å².